The van der Waals surface area contributed by atoms with Crippen LogP contribution in [0.25, 0.3) is 11.2 Å². The summed E-state index contributed by atoms with van der Waals surface area (Å²) in [6.45, 7) is 0.691. The van der Waals surface area contributed by atoms with Crippen LogP contribution in [0.15, 0.2) is 60.9 Å². The second kappa shape index (κ2) is 7.92. The molecule has 0 aliphatic heterocycles. The molecule has 0 spiro atoms. The average molecular weight is 368 g/mol. The Kier molecular flexibility index (Phi) is 5.93. The molecule has 4 rings (SSSR count). The first kappa shape index (κ1) is 17.2. The van der Waals surface area contributed by atoms with Crippen molar-refractivity contribution in [2.24, 2.45) is 0 Å². The van der Waals surface area contributed by atoms with Crippen LogP contribution in [-0.2, 0) is 23.6 Å². The predicted octanol–water partition coefficient (Wildman–Crippen LogP) is 3.23. The maximum Gasteiger partial charge on any atom is 0.223 e. The molecule has 120 valence electrons. The molecule has 0 radical (unpaired) electrons. The van der Waals surface area contributed by atoms with Crippen molar-refractivity contribution in [1.29, 1.82) is 0 Å². The van der Waals surface area contributed by atoms with Crippen molar-refractivity contribution in [3.63, 3.8) is 0 Å². The van der Waals surface area contributed by atoms with Gasteiger partial charge >= 0.3 is 0 Å². The molecule has 0 aliphatic carbocycles. The summed E-state index contributed by atoms with van der Waals surface area (Å²) in [4.78, 5) is 12.2. The largest absolute Gasteiger partial charge is 0.368 e. The van der Waals surface area contributed by atoms with Crippen LogP contribution in [0.2, 0.25) is 5.15 Å². The summed E-state index contributed by atoms with van der Waals surface area (Å²) in [5, 5.41) is 0.286. The van der Waals surface area contributed by atoms with Gasteiger partial charge in [0, 0.05) is 23.6 Å². The molecule has 0 atom stereocenters. The Labute approximate surface area is 149 Å². The summed E-state index contributed by atoms with van der Waals surface area (Å²) in [5.74, 6) is 0.159. The summed E-state index contributed by atoms with van der Waals surface area (Å²) < 4.78 is 1.90. The summed E-state index contributed by atoms with van der Waals surface area (Å²) >= 11 is 5.95. The Morgan fingerprint density at radius 1 is 1.13 bits per heavy atom. The SMILES string of the molecule is Nc1nc(Cl)c2ncn(C[c-]3cccc3)c2n1.[Fe].c1cc[cH-]c1. The number of imidazole rings is 1. The summed E-state index contributed by atoms with van der Waals surface area (Å²) in [6.07, 6.45) is 1.69. The van der Waals surface area contributed by atoms with Crippen molar-refractivity contribution in [2.75, 3.05) is 5.73 Å². The van der Waals surface area contributed by atoms with E-state index in [0.717, 1.165) is 0 Å². The number of nitrogen functional groups attached to an aromatic ring is 1. The molecule has 2 heterocycles. The van der Waals surface area contributed by atoms with Gasteiger partial charge in [0.15, 0.2) is 10.8 Å². The van der Waals surface area contributed by atoms with Crippen molar-refractivity contribution in [1.82, 2.24) is 19.5 Å². The van der Waals surface area contributed by atoms with Crippen LogP contribution >= 0.6 is 11.6 Å². The minimum Gasteiger partial charge on any atom is -0.368 e. The number of anilines is 1. The molecule has 0 saturated carbocycles. The first-order valence-corrected chi connectivity index (χ1v) is 7.13. The zero-order valence-corrected chi connectivity index (χ0v) is 13.9. The van der Waals surface area contributed by atoms with Gasteiger partial charge < -0.3 is 10.3 Å². The number of nitrogens with zero attached hydrogens (tertiary/aromatic N) is 4. The Bertz CT molecular complexity index is 820. The van der Waals surface area contributed by atoms with Gasteiger partial charge in [0.1, 0.15) is 5.52 Å². The van der Waals surface area contributed by atoms with Crippen LogP contribution in [0.4, 0.5) is 5.95 Å². The number of rotatable bonds is 2. The van der Waals surface area contributed by atoms with Crippen molar-refractivity contribution >= 4 is 28.7 Å². The molecule has 0 fully saturated rings. The summed E-state index contributed by atoms with van der Waals surface area (Å²) in [6, 6.07) is 18.1. The molecule has 2 aromatic carbocycles. The quantitative estimate of drug-likeness (QED) is 0.335. The third-order valence-corrected chi connectivity index (χ3v) is 3.34. The van der Waals surface area contributed by atoms with Crippen molar-refractivity contribution < 1.29 is 17.1 Å². The number of nitrogens with two attached hydrogens (primary N) is 1. The van der Waals surface area contributed by atoms with E-state index in [2.05, 4.69) is 15.0 Å². The monoisotopic (exact) mass is 367 g/mol. The van der Waals surface area contributed by atoms with Gasteiger partial charge in [-0.2, -0.15) is 40.3 Å². The van der Waals surface area contributed by atoms with Crippen LogP contribution in [0.3, 0.4) is 0 Å². The van der Waals surface area contributed by atoms with Gasteiger partial charge in [-0.1, -0.05) is 11.6 Å². The Hall–Kier alpha value is -2.14. The molecule has 5 nitrogen and oxygen atoms in total. The minimum absolute atomic E-state index is 0. The molecule has 0 aliphatic rings. The second-order valence-electron chi connectivity index (χ2n) is 4.67. The molecule has 7 heteroatoms. The summed E-state index contributed by atoms with van der Waals surface area (Å²) in [7, 11) is 0. The smallest absolute Gasteiger partial charge is 0.223 e. The van der Waals surface area contributed by atoms with Gasteiger partial charge in [-0.25, -0.2) is 29.2 Å². The van der Waals surface area contributed by atoms with Gasteiger partial charge in [0.05, 0.1) is 6.33 Å². The molecule has 0 unspecified atom stereocenters. The van der Waals surface area contributed by atoms with E-state index in [4.69, 9.17) is 17.3 Å². The molecule has 0 bridgehead atoms. The fourth-order valence-electron chi connectivity index (χ4n) is 2.08. The molecule has 0 saturated heterocycles. The van der Waals surface area contributed by atoms with E-state index in [1.807, 2.05) is 59.2 Å². The Morgan fingerprint density at radius 3 is 2.43 bits per heavy atom. The van der Waals surface area contributed by atoms with E-state index in [0.29, 0.717) is 17.7 Å². The normalized spacial score (nSPS) is 9.96. The van der Waals surface area contributed by atoms with Crippen molar-refractivity contribution in [3.05, 3.63) is 71.6 Å². The number of fused-ring (bicyclic) bond motifs is 1. The first-order chi connectivity index (χ1) is 10.7. The number of halogens is 1. The molecule has 4 aromatic rings. The zero-order valence-electron chi connectivity index (χ0n) is 12.1. The fourth-order valence-corrected chi connectivity index (χ4v) is 2.30. The van der Waals surface area contributed by atoms with Crippen molar-refractivity contribution in [3.8, 4) is 0 Å². The fraction of sp³-hybridized carbons (Fsp3) is 0.0625. The van der Waals surface area contributed by atoms with E-state index >= 15 is 0 Å². The van der Waals surface area contributed by atoms with Gasteiger partial charge in [-0.3, -0.25) is 0 Å². The molecule has 2 N–H and O–H groups in total. The van der Waals surface area contributed by atoms with Crippen LogP contribution < -0.4 is 5.73 Å². The van der Waals surface area contributed by atoms with Crippen LogP contribution in [0, 0.1) is 0 Å². The minimum atomic E-state index is 0. The van der Waals surface area contributed by atoms with Gasteiger partial charge in [0.2, 0.25) is 5.95 Å². The average Bonchev–Trinajstić information content (AvgIpc) is 3.22. The number of hydrogen-bond donors (Lipinski definition) is 1. The molecule has 2 aromatic heterocycles. The van der Waals surface area contributed by atoms with E-state index in [1.54, 1.807) is 6.33 Å². The van der Waals surface area contributed by atoms with Crippen molar-refractivity contribution in [2.45, 2.75) is 6.54 Å². The summed E-state index contributed by atoms with van der Waals surface area (Å²) in [5.41, 5.74) is 7.99. The molecule has 0 amide bonds. The van der Waals surface area contributed by atoms with Crippen LogP contribution in [0.1, 0.15) is 5.56 Å². The van der Waals surface area contributed by atoms with E-state index in [1.165, 1.54) is 5.56 Å². The predicted molar refractivity (Wildman–Crippen MR) is 87.9 cm³/mol. The van der Waals surface area contributed by atoms with Gasteiger partial charge in [0.25, 0.3) is 0 Å². The molecular formula is C16H14ClFeN5-2. The maximum absolute atomic E-state index is 5.95. The first-order valence-electron chi connectivity index (χ1n) is 6.75. The Balaban J connectivity index is 0.000000276. The standard InChI is InChI=1S/C11H9ClN5.C5H5.Fe/c12-9-8-10(16-11(13)15-9)17(6-14-8)5-7-3-1-2-4-7;1-2-4-5-3-1;/h1-4,6H,5H2,(H2,13,15,16);1-5H;/q2*-1;. The second-order valence-corrected chi connectivity index (χ2v) is 5.03. The van der Waals surface area contributed by atoms with Crippen LogP contribution in [-0.4, -0.2) is 19.5 Å². The molecule has 23 heavy (non-hydrogen) atoms. The maximum atomic E-state index is 5.95. The number of hydrogen-bond acceptors (Lipinski definition) is 4. The van der Waals surface area contributed by atoms with Gasteiger partial charge in [-0.05, 0) is 0 Å². The third kappa shape index (κ3) is 4.19. The topological polar surface area (TPSA) is 69.6 Å². The van der Waals surface area contributed by atoms with E-state index in [-0.39, 0.29) is 28.2 Å². The third-order valence-electron chi connectivity index (χ3n) is 3.08. The zero-order chi connectivity index (χ0) is 15.4. The molecular weight excluding hydrogens is 354 g/mol. The Morgan fingerprint density at radius 2 is 1.83 bits per heavy atom. The van der Waals surface area contributed by atoms with Gasteiger partial charge in [-0.15, -0.1) is 5.56 Å². The van der Waals surface area contributed by atoms with E-state index in [9.17, 15) is 0 Å². The number of aromatic nitrogens is 4. The van der Waals surface area contributed by atoms with E-state index < -0.39 is 0 Å². The van der Waals surface area contributed by atoms with Crippen LogP contribution in [0.5, 0.6) is 0 Å².